The summed E-state index contributed by atoms with van der Waals surface area (Å²) in [7, 11) is 0. The monoisotopic (exact) mass is 399 g/mol. The number of hydrogen-bond donors (Lipinski definition) is 2. The van der Waals surface area contributed by atoms with Gasteiger partial charge in [-0.1, -0.05) is 74.5 Å². The van der Waals surface area contributed by atoms with Crippen molar-refractivity contribution in [3.63, 3.8) is 0 Å². The van der Waals surface area contributed by atoms with Gasteiger partial charge in [-0.3, -0.25) is 4.79 Å². The average Bonchev–Trinajstić information content (AvgIpc) is 3.20. The Bertz CT molecular complexity index is 1100. The van der Waals surface area contributed by atoms with E-state index in [4.69, 9.17) is 4.74 Å². The van der Waals surface area contributed by atoms with Gasteiger partial charge < -0.3 is 15.0 Å². The summed E-state index contributed by atoms with van der Waals surface area (Å²) < 4.78 is 5.89. The zero-order valence-electron chi connectivity index (χ0n) is 17.1. The van der Waals surface area contributed by atoms with Gasteiger partial charge in [-0.15, -0.1) is 0 Å². The maximum Gasteiger partial charge on any atom is 0.258 e. The molecule has 1 heterocycles. The Morgan fingerprint density at radius 2 is 1.67 bits per heavy atom. The summed E-state index contributed by atoms with van der Waals surface area (Å²) >= 11 is 0. The normalized spacial score (nSPS) is 12.1. The maximum absolute atomic E-state index is 12.7. The van der Waals surface area contributed by atoms with Crippen LogP contribution in [0.5, 0.6) is 5.75 Å². The zero-order chi connectivity index (χ0) is 20.9. The number of para-hydroxylation sites is 3. The number of nitrogens with one attached hydrogen (secondary N) is 2. The number of aromatic amines is 1. The number of amides is 1. The zero-order valence-corrected chi connectivity index (χ0v) is 17.1. The van der Waals surface area contributed by atoms with E-state index in [-0.39, 0.29) is 24.5 Å². The summed E-state index contributed by atoms with van der Waals surface area (Å²) in [5, 5.41) is 3.07. The third kappa shape index (κ3) is 4.35. The molecular weight excluding hydrogens is 374 g/mol. The number of nitrogens with zero attached hydrogens (tertiary/aromatic N) is 1. The van der Waals surface area contributed by atoms with Crippen molar-refractivity contribution in [3.8, 4) is 16.9 Å². The predicted octanol–water partition coefficient (Wildman–Crippen LogP) is 5.12. The molecule has 0 radical (unpaired) electrons. The molecule has 1 atom stereocenters. The first-order chi connectivity index (χ1) is 14.6. The molecule has 5 heteroatoms. The number of carbonyl (C=O) groups is 1. The summed E-state index contributed by atoms with van der Waals surface area (Å²) in [6.07, 6.45) is 0. The van der Waals surface area contributed by atoms with Crippen LogP contribution in [-0.4, -0.2) is 22.5 Å². The van der Waals surface area contributed by atoms with Crippen LogP contribution in [0.4, 0.5) is 0 Å². The molecule has 0 saturated carbocycles. The van der Waals surface area contributed by atoms with Gasteiger partial charge in [0.05, 0.1) is 17.1 Å². The van der Waals surface area contributed by atoms with Crippen LogP contribution in [0.1, 0.15) is 25.7 Å². The van der Waals surface area contributed by atoms with Gasteiger partial charge in [-0.25, -0.2) is 4.98 Å². The van der Waals surface area contributed by atoms with E-state index in [0.29, 0.717) is 5.75 Å². The average molecular weight is 399 g/mol. The van der Waals surface area contributed by atoms with Crippen molar-refractivity contribution < 1.29 is 9.53 Å². The van der Waals surface area contributed by atoms with Crippen LogP contribution in [-0.2, 0) is 4.79 Å². The Morgan fingerprint density at radius 1 is 0.967 bits per heavy atom. The van der Waals surface area contributed by atoms with Crippen LogP contribution in [0.3, 0.4) is 0 Å². The molecular formula is C25H25N3O2. The first-order valence-corrected chi connectivity index (χ1v) is 10.1. The van der Waals surface area contributed by atoms with Crippen molar-refractivity contribution in [2.75, 3.05) is 6.61 Å². The molecule has 0 fully saturated rings. The molecule has 30 heavy (non-hydrogen) atoms. The van der Waals surface area contributed by atoms with Gasteiger partial charge in [0.1, 0.15) is 11.6 Å². The molecule has 152 valence electrons. The highest BCUT2D eigenvalue weighted by molar-refractivity contribution is 5.79. The molecule has 0 aliphatic rings. The Morgan fingerprint density at radius 3 is 2.43 bits per heavy atom. The van der Waals surface area contributed by atoms with Crippen LogP contribution in [0.25, 0.3) is 22.2 Å². The SMILES string of the molecule is CC(C)[C@H](NC(=O)COc1ccccc1-c1ccccc1)c1nc2ccccc2[nH]1. The fraction of sp³-hybridized carbons (Fsp3) is 0.200. The molecule has 0 aliphatic carbocycles. The van der Waals surface area contributed by atoms with Crippen LogP contribution in [0.2, 0.25) is 0 Å². The van der Waals surface area contributed by atoms with Crippen LogP contribution in [0.15, 0.2) is 78.9 Å². The maximum atomic E-state index is 12.7. The van der Waals surface area contributed by atoms with E-state index in [2.05, 4.69) is 29.1 Å². The first kappa shape index (κ1) is 19.7. The summed E-state index contributed by atoms with van der Waals surface area (Å²) in [5.41, 5.74) is 3.86. The Kier molecular flexibility index (Phi) is 5.80. The predicted molar refractivity (Wildman–Crippen MR) is 119 cm³/mol. The minimum absolute atomic E-state index is 0.0622. The number of rotatable bonds is 7. The molecule has 0 aliphatic heterocycles. The topological polar surface area (TPSA) is 67.0 Å². The van der Waals surface area contributed by atoms with Crippen LogP contribution < -0.4 is 10.1 Å². The number of benzene rings is 3. The Balaban J connectivity index is 1.46. The van der Waals surface area contributed by atoms with E-state index in [1.54, 1.807) is 0 Å². The second kappa shape index (κ2) is 8.82. The van der Waals surface area contributed by atoms with Crippen LogP contribution >= 0.6 is 0 Å². The lowest BCUT2D eigenvalue weighted by molar-refractivity contribution is -0.124. The number of imidazole rings is 1. The van der Waals surface area contributed by atoms with Gasteiger partial charge in [0, 0.05) is 5.56 Å². The second-order valence-electron chi connectivity index (χ2n) is 7.58. The number of H-pyrrole nitrogens is 1. The highest BCUT2D eigenvalue weighted by Gasteiger charge is 2.22. The van der Waals surface area contributed by atoms with Gasteiger partial charge in [0.25, 0.3) is 5.91 Å². The van der Waals surface area contributed by atoms with E-state index < -0.39 is 0 Å². The van der Waals surface area contributed by atoms with Crippen molar-refractivity contribution >= 4 is 16.9 Å². The van der Waals surface area contributed by atoms with E-state index in [0.717, 1.165) is 28.0 Å². The van der Waals surface area contributed by atoms with Gasteiger partial charge in [0.2, 0.25) is 0 Å². The Labute approximate surface area is 176 Å². The van der Waals surface area contributed by atoms with Gasteiger partial charge in [-0.05, 0) is 29.7 Å². The molecule has 0 bridgehead atoms. The Hall–Kier alpha value is -3.60. The first-order valence-electron chi connectivity index (χ1n) is 10.1. The number of fused-ring (bicyclic) bond motifs is 1. The molecule has 1 amide bonds. The van der Waals surface area contributed by atoms with Crippen molar-refractivity contribution in [3.05, 3.63) is 84.7 Å². The van der Waals surface area contributed by atoms with Gasteiger partial charge in [0.15, 0.2) is 6.61 Å². The minimum Gasteiger partial charge on any atom is -0.483 e. The van der Waals surface area contributed by atoms with Crippen molar-refractivity contribution in [1.29, 1.82) is 0 Å². The highest BCUT2D eigenvalue weighted by Crippen LogP contribution is 2.29. The van der Waals surface area contributed by atoms with E-state index >= 15 is 0 Å². The summed E-state index contributed by atoms with van der Waals surface area (Å²) in [5.74, 6) is 1.43. The molecule has 5 nitrogen and oxygen atoms in total. The molecule has 3 aromatic carbocycles. The van der Waals surface area contributed by atoms with E-state index in [1.165, 1.54) is 0 Å². The summed E-state index contributed by atoms with van der Waals surface area (Å²) in [4.78, 5) is 20.7. The highest BCUT2D eigenvalue weighted by atomic mass is 16.5. The largest absolute Gasteiger partial charge is 0.483 e. The molecule has 4 rings (SSSR count). The standard InChI is InChI=1S/C25H25N3O2/c1-17(2)24(25-26-20-13-7-8-14-21(20)27-25)28-23(29)16-30-22-15-9-6-12-19(22)18-10-4-3-5-11-18/h3-15,17,24H,16H2,1-2H3,(H,26,27)(H,28,29)/t24-/m0/s1. The van der Waals surface area contributed by atoms with Crippen molar-refractivity contribution in [2.24, 2.45) is 5.92 Å². The van der Waals surface area contributed by atoms with E-state index in [9.17, 15) is 4.79 Å². The quantitative estimate of drug-likeness (QED) is 0.453. The molecule has 0 saturated heterocycles. The molecule has 2 N–H and O–H groups in total. The lowest BCUT2D eigenvalue weighted by atomic mass is 10.0. The fourth-order valence-electron chi connectivity index (χ4n) is 3.48. The molecule has 4 aromatic rings. The number of ether oxygens (including phenoxy) is 1. The molecule has 0 spiro atoms. The number of carbonyl (C=O) groups excluding carboxylic acids is 1. The number of aromatic nitrogens is 2. The smallest absolute Gasteiger partial charge is 0.258 e. The minimum atomic E-state index is -0.224. The van der Waals surface area contributed by atoms with Gasteiger partial charge in [-0.2, -0.15) is 0 Å². The van der Waals surface area contributed by atoms with E-state index in [1.807, 2.05) is 78.9 Å². The van der Waals surface area contributed by atoms with Gasteiger partial charge >= 0.3 is 0 Å². The second-order valence-corrected chi connectivity index (χ2v) is 7.58. The third-order valence-corrected chi connectivity index (χ3v) is 5.02. The van der Waals surface area contributed by atoms with Crippen LogP contribution in [0, 0.1) is 5.92 Å². The lowest BCUT2D eigenvalue weighted by Crippen LogP contribution is -2.35. The summed E-state index contributed by atoms with van der Waals surface area (Å²) in [6, 6.07) is 25.4. The number of hydrogen-bond acceptors (Lipinski definition) is 3. The molecule has 0 unspecified atom stereocenters. The molecule has 1 aromatic heterocycles. The fourth-order valence-corrected chi connectivity index (χ4v) is 3.48. The third-order valence-electron chi connectivity index (χ3n) is 5.02. The lowest BCUT2D eigenvalue weighted by Gasteiger charge is -2.20. The summed E-state index contributed by atoms with van der Waals surface area (Å²) in [6.45, 7) is 4.06. The van der Waals surface area contributed by atoms with Crippen molar-refractivity contribution in [1.82, 2.24) is 15.3 Å². The van der Waals surface area contributed by atoms with Crippen molar-refractivity contribution in [2.45, 2.75) is 19.9 Å².